The molecule has 0 saturated carbocycles. The monoisotopic (exact) mass is 318 g/mol. The van der Waals surface area contributed by atoms with Crippen LogP contribution >= 0.6 is 0 Å². The number of carboxylic acid groups (broad SMARTS) is 1. The number of benzene rings is 1. The van der Waals surface area contributed by atoms with E-state index in [0.717, 1.165) is 11.1 Å². The minimum atomic E-state index is -0.860. The number of carbonyl (C=O) groups is 1. The first-order valence-electron chi connectivity index (χ1n) is 8.09. The third-order valence-electron chi connectivity index (χ3n) is 4.09. The van der Waals surface area contributed by atoms with Crippen LogP contribution < -0.4 is 0 Å². The molecule has 0 heterocycles. The maximum Gasteiger partial charge on any atom is 0.307 e. The van der Waals surface area contributed by atoms with Gasteiger partial charge in [0.1, 0.15) is 5.75 Å². The van der Waals surface area contributed by atoms with E-state index >= 15 is 0 Å². The molecule has 0 bridgehead atoms. The minimum absolute atomic E-state index is 0.0913. The second kappa shape index (κ2) is 6.77. The van der Waals surface area contributed by atoms with Gasteiger partial charge in [0.05, 0.1) is 5.92 Å². The Kier molecular flexibility index (Phi) is 5.68. The van der Waals surface area contributed by atoms with E-state index in [-0.39, 0.29) is 16.6 Å². The van der Waals surface area contributed by atoms with Gasteiger partial charge in [0, 0.05) is 5.56 Å². The predicted molar refractivity (Wildman–Crippen MR) is 95.2 cm³/mol. The minimum Gasteiger partial charge on any atom is -0.507 e. The molecule has 0 radical (unpaired) electrons. The van der Waals surface area contributed by atoms with E-state index in [4.69, 9.17) is 0 Å². The molecule has 3 heteroatoms. The Morgan fingerprint density at radius 2 is 1.74 bits per heavy atom. The van der Waals surface area contributed by atoms with Crippen LogP contribution in [0, 0.1) is 5.92 Å². The molecule has 0 amide bonds. The van der Waals surface area contributed by atoms with Crippen molar-refractivity contribution in [1.82, 2.24) is 0 Å². The summed E-state index contributed by atoms with van der Waals surface area (Å²) in [5.41, 5.74) is 2.38. The fourth-order valence-electron chi connectivity index (χ4n) is 2.92. The van der Waals surface area contributed by atoms with Crippen molar-refractivity contribution >= 4 is 5.97 Å². The number of allylic oxidation sites excluding steroid dienone is 1. The standard InChI is InChI=1S/C20H30O3/c1-8-9-14(18(22)23)12-13-10-11-15(19(2,3)4)16(17(13)21)20(5,6)7/h8,10-11,14,21H,1,9,12H2,2-7H3,(H,22,23). The Balaban J connectivity index is 3.44. The van der Waals surface area contributed by atoms with Crippen molar-refractivity contribution in [2.24, 2.45) is 5.92 Å². The summed E-state index contributed by atoms with van der Waals surface area (Å²) in [6, 6.07) is 3.90. The van der Waals surface area contributed by atoms with Gasteiger partial charge in [0.15, 0.2) is 0 Å². The molecule has 0 aliphatic rings. The van der Waals surface area contributed by atoms with Crippen LogP contribution in [0.4, 0.5) is 0 Å². The molecule has 0 spiro atoms. The fraction of sp³-hybridized carbons (Fsp3) is 0.550. The van der Waals surface area contributed by atoms with Gasteiger partial charge >= 0.3 is 5.97 Å². The summed E-state index contributed by atoms with van der Waals surface area (Å²) in [4.78, 5) is 11.4. The topological polar surface area (TPSA) is 57.5 Å². The summed E-state index contributed by atoms with van der Waals surface area (Å²) >= 11 is 0. The Morgan fingerprint density at radius 1 is 1.17 bits per heavy atom. The van der Waals surface area contributed by atoms with E-state index in [1.165, 1.54) is 0 Å². The molecule has 2 N–H and O–H groups in total. The molecule has 0 aliphatic heterocycles. The largest absolute Gasteiger partial charge is 0.507 e. The molecule has 0 aliphatic carbocycles. The molecule has 1 aromatic carbocycles. The summed E-state index contributed by atoms with van der Waals surface area (Å²) in [5, 5.41) is 20.2. The smallest absolute Gasteiger partial charge is 0.307 e. The maximum absolute atomic E-state index is 11.4. The molecular weight excluding hydrogens is 288 g/mol. The Labute approximate surface area is 140 Å². The second-order valence-corrected chi connectivity index (χ2v) is 8.26. The SMILES string of the molecule is C=CCC(Cc1ccc(C(C)(C)C)c(C(C)(C)C)c1O)C(=O)O. The summed E-state index contributed by atoms with van der Waals surface area (Å²) in [6.07, 6.45) is 2.31. The van der Waals surface area contributed by atoms with E-state index in [1.54, 1.807) is 6.08 Å². The number of phenolic OH excluding ortho intramolecular Hbond substituents is 1. The average molecular weight is 318 g/mol. The van der Waals surface area contributed by atoms with Crippen LogP contribution in [-0.2, 0) is 22.0 Å². The third kappa shape index (κ3) is 4.60. The van der Waals surface area contributed by atoms with Gasteiger partial charge in [-0.3, -0.25) is 4.79 Å². The number of hydrogen-bond acceptors (Lipinski definition) is 2. The summed E-state index contributed by atoms with van der Waals surface area (Å²) in [5.74, 6) is -1.19. The highest BCUT2D eigenvalue weighted by Crippen LogP contribution is 2.41. The van der Waals surface area contributed by atoms with Crippen LogP contribution in [0.15, 0.2) is 24.8 Å². The zero-order valence-corrected chi connectivity index (χ0v) is 15.2. The van der Waals surface area contributed by atoms with Crippen LogP contribution in [0.25, 0.3) is 0 Å². The lowest BCUT2D eigenvalue weighted by atomic mass is 9.73. The van der Waals surface area contributed by atoms with Gasteiger partial charge in [-0.1, -0.05) is 59.8 Å². The fourth-order valence-corrected chi connectivity index (χ4v) is 2.92. The molecule has 3 nitrogen and oxygen atoms in total. The zero-order valence-electron chi connectivity index (χ0n) is 15.2. The molecule has 1 rings (SSSR count). The Hall–Kier alpha value is -1.77. The van der Waals surface area contributed by atoms with Gasteiger partial charge in [-0.15, -0.1) is 6.58 Å². The second-order valence-electron chi connectivity index (χ2n) is 8.26. The first kappa shape index (κ1) is 19.3. The zero-order chi connectivity index (χ0) is 18.0. The van der Waals surface area contributed by atoms with Gasteiger partial charge in [-0.05, 0) is 34.8 Å². The highest BCUT2D eigenvalue weighted by molar-refractivity contribution is 5.71. The van der Waals surface area contributed by atoms with Crippen molar-refractivity contribution in [1.29, 1.82) is 0 Å². The van der Waals surface area contributed by atoms with Crippen LogP contribution in [0.1, 0.15) is 64.7 Å². The molecule has 0 aromatic heterocycles. The summed E-state index contributed by atoms with van der Waals surface area (Å²) in [6.45, 7) is 16.2. The van der Waals surface area contributed by atoms with Crippen molar-refractivity contribution in [2.45, 2.75) is 65.2 Å². The molecular formula is C20H30O3. The first-order chi connectivity index (χ1) is 10.4. The van der Waals surface area contributed by atoms with Crippen molar-refractivity contribution < 1.29 is 15.0 Å². The molecule has 1 aromatic rings. The molecule has 1 atom stereocenters. The number of phenols is 1. The van der Waals surface area contributed by atoms with E-state index in [9.17, 15) is 15.0 Å². The van der Waals surface area contributed by atoms with E-state index in [2.05, 4.69) is 48.1 Å². The predicted octanol–water partition coefficient (Wildman–Crippen LogP) is 4.81. The number of rotatable bonds is 5. The highest BCUT2D eigenvalue weighted by atomic mass is 16.4. The quantitative estimate of drug-likeness (QED) is 0.766. The molecule has 128 valence electrons. The van der Waals surface area contributed by atoms with Crippen molar-refractivity contribution in [3.05, 3.63) is 41.5 Å². The van der Waals surface area contributed by atoms with Gasteiger partial charge in [0.25, 0.3) is 0 Å². The first-order valence-corrected chi connectivity index (χ1v) is 8.09. The molecule has 23 heavy (non-hydrogen) atoms. The molecule has 1 unspecified atom stereocenters. The van der Waals surface area contributed by atoms with Crippen LogP contribution in [0.5, 0.6) is 5.75 Å². The van der Waals surface area contributed by atoms with Crippen LogP contribution in [-0.4, -0.2) is 16.2 Å². The lowest BCUT2D eigenvalue weighted by Crippen LogP contribution is -2.23. The summed E-state index contributed by atoms with van der Waals surface area (Å²) in [7, 11) is 0. The average Bonchev–Trinajstić information content (AvgIpc) is 2.36. The van der Waals surface area contributed by atoms with E-state index < -0.39 is 11.9 Å². The van der Waals surface area contributed by atoms with Crippen molar-refractivity contribution in [3.63, 3.8) is 0 Å². The number of aliphatic carboxylic acids is 1. The van der Waals surface area contributed by atoms with Crippen molar-refractivity contribution in [2.75, 3.05) is 0 Å². The Bertz CT molecular complexity index is 586. The number of aromatic hydroxyl groups is 1. The normalized spacial score (nSPS) is 13.7. The summed E-state index contributed by atoms with van der Waals surface area (Å²) < 4.78 is 0. The maximum atomic E-state index is 11.4. The van der Waals surface area contributed by atoms with Crippen LogP contribution in [0.3, 0.4) is 0 Å². The van der Waals surface area contributed by atoms with Gasteiger partial charge < -0.3 is 10.2 Å². The molecule has 0 saturated heterocycles. The van der Waals surface area contributed by atoms with Crippen LogP contribution in [0.2, 0.25) is 0 Å². The van der Waals surface area contributed by atoms with Gasteiger partial charge in [0.2, 0.25) is 0 Å². The van der Waals surface area contributed by atoms with Gasteiger partial charge in [-0.25, -0.2) is 0 Å². The van der Waals surface area contributed by atoms with Gasteiger partial charge in [-0.2, -0.15) is 0 Å². The number of hydrogen-bond donors (Lipinski definition) is 2. The van der Waals surface area contributed by atoms with Crippen molar-refractivity contribution in [3.8, 4) is 5.75 Å². The highest BCUT2D eigenvalue weighted by Gasteiger charge is 2.30. The number of carboxylic acids is 1. The lowest BCUT2D eigenvalue weighted by molar-refractivity contribution is -0.141. The van der Waals surface area contributed by atoms with E-state index in [1.807, 2.05) is 12.1 Å². The third-order valence-corrected chi connectivity index (χ3v) is 4.09. The Morgan fingerprint density at radius 3 is 2.13 bits per heavy atom. The lowest BCUT2D eigenvalue weighted by Gasteiger charge is -2.32. The van der Waals surface area contributed by atoms with E-state index in [0.29, 0.717) is 18.4 Å². The molecule has 0 fully saturated rings.